The highest BCUT2D eigenvalue weighted by atomic mass is 16.5. The van der Waals surface area contributed by atoms with Crippen LogP contribution in [0, 0.1) is 0 Å². The molecule has 2 N–H and O–H groups in total. The molecule has 0 bridgehead atoms. The number of aliphatic carboxylic acids is 1. The zero-order valence-electron chi connectivity index (χ0n) is 13.8. The number of aryl methyl sites for hydroxylation is 2. The molecular weight excluding hydrogens is 310 g/mol. The predicted molar refractivity (Wildman–Crippen MR) is 88.0 cm³/mol. The summed E-state index contributed by atoms with van der Waals surface area (Å²) in [6.45, 7) is 1.32. The van der Waals surface area contributed by atoms with Crippen molar-refractivity contribution in [3.05, 3.63) is 35.1 Å². The van der Waals surface area contributed by atoms with Crippen molar-refractivity contribution in [3.8, 4) is 0 Å². The maximum atomic E-state index is 12.3. The molecule has 0 aliphatic heterocycles. The van der Waals surface area contributed by atoms with E-state index in [0.717, 1.165) is 35.8 Å². The fraction of sp³-hybridized carbons (Fsp3) is 0.444. The lowest BCUT2D eigenvalue weighted by Gasteiger charge is -2.25. The van der Waals surface area contributed by atoms with E-state index in [4.69, 9.17) is 9.15 Å². The Morgan fingerprint density at radius 3 is 2.71 bits per heavy atom. The molecule has 0 radical (unpaired) electrons. The molecule has 6 nitrogen and oxygen atoms in total. The Kier molecular flexibility index (Phi) is 4.32. The van der Waals surface area contributed by atoms with Gasteiger partial charge in [0.05, 0.1) is 19.3 Å². The third kappa shape index (κ3) is 3.01. The number of carboxylic acid groups (broad SMARTS) is 1. The van der Waals surface area contributed by atoms with E-state index in [9.17, 15) is 14.7 Å². The van der Waals surface area contributed by atoms with E-state index in [-0.39, 0.29) is 18.9 Å². The van der Waals surface area contributed by atoms with Gasteiger partial charge in [-0.2, -0.15) is 0 Å². The monoisotopic (exact) mass is 331 g/mol. The molecule has 1 aromatic heterocycles. The second-order valence-corrected chi connectivity index (χ2v) is 6.53. The molecule has 1 unspecified atom stereocenters. The average Bonchev–Trinajstić information content (AvgIpc) is 3.11. The van der Waals surface area contributed by atoms with E-state index in [1.807, 2.05) is 6.07 Å². The van der Waals surface area contributed by atoms with Gasteiger partial charge in [0.25, 0.3) is 0 Å². The van der Waals surface area contributed by atoms with Crippen molar-refractivity contribution in [1.29, 1.82) is 0 Å². The molecule has 0 spiro atoms. The molecule has 0 fully saturated rings. The van der Waals surface area contributed by atoms with Crippen molar-refractivity contribution in [2.24, 2.45) is 0 Å². The molecule has 0 saturated carbocycles. The van der Waals surface area contributed by atoms with E-state index >= 15 is 0 Å². The van der Waals surface area contributed by atoms with Crippen LogP contribution in [0.1, 0.15) is 30.0 Å². The molecule has 1 atom stereocenters. The van der Waals surface area contributed by atoms with Gasteiger partial charge in [-0.15, -0.1) is 0 Å². The molecule has 1 aliphatic rings. The van der Waals surface area contributed by atoms with Crippen LogP contribution in [0.25, 0.3) is 11.0 Å². The van der Waals surface area contributed by atoms with Gasteiger partial charge in [0.15, 0.2) is 5.54 Å². The smallest absolute Gasteiger partial charge is 0.331 e. The lowest BCUT2D eigenvalue weighted by atomic mass is 10.0. The number of carboxylic acids is 1. The number of hydrogen-bond donors (Lipinski definition) is 2. The second-order valence-electron chi connectivity index (χ2n) is 6.53. The third-order valence-electron chi connectivity index (χ3n) is 4.54. The van der Waals surface area contributed by atoms with Gasteiger partial charge in [-0.3, -0.25) is 4.79 Å². The number of nitrogens with one attached hydrogen (secondary N) is 1. The Morgan fingerprint density at radius 2 is 2.04 bits per heavy atom. The summed E-state index contributed by atoms with van der Waals surface area (Å²) in [7, 11) is 1.40. The van der Waals surface area contributed by atoms with E-state index in [2.05, 4.69) is 11.4 Å². The standard InChI is InChI=1S/C18H21NO5/c1-18(10-23-2,17(21)22)19-16(20)8-13-9-24-15-7-12-5-3-4-11(12)6-14(13)15/h6-7,9H,3-5,8,10H2,1-2H3,(H,19,20)(H,21,22). The number of benzene rings is 1. The number of furan rings is 1. The van der Waals surface area contributed by atoms with Crippen LogP contribution in [0.15, 0.2) is 22.8 Å². The summed E-state index contributed by atoms with van der Waals surface area (Å²) in [5.41, 5.74) is 2.71. The number of carbonyl (C=O) groups is 2. The van der Waals surface area contributed by atoms with Crippen LogP contribution in [0.5, 0.6) is 0 Å². The highest BCUT2D eigenvalue weighted by Gasteiger charge is 2.35. The zero-order chi connectivity index (χ0) is 17.3. The SMILES string of the molecule is COCC(C)(NC(=O)Cc1coc2cc3c(cc12)CCC3)C(=O)O. The first-order valence-corrected chi connectivity index (χ1v) is 7.98. The van der Waals surface area contributed by atoms with Crippen LogP contribution in [0.4, 0.5) is 0 Å². The first-order chi connectivity index (χ1) is 11.4. The summed E-state index contributed by atoms with van der Waals surface area (Å²) in [5.74, 6) is -1.51. The van der Waals surface area contributed by atoms with Crippen molar-refractivity contribution in [1.82, 2.24) is 5.32 Å². The Labute approximate surface area is 139 Å². The van der Waals surface area contributed by atoms with Gasteiger partial charge >= 0.3 is 5.97 Å². The van der Waals surface area contributed by atoms with Gasteiger partial charge < -0.3 is 19.6 Å². The van der Waals surface area contributed by atoms with Crippen molar-refractivity contribution < 1.29 is 23.8 Å². The lowest BCUT2D eigenvalue weighted by molar-refractivity contribution is -0.149. The molecule has 3 rings (SSSR count). The lowest BCUT2D eigenvalue weighted by Crippen LogP contribution is -2.55. The number of rotatable bonds is 6. The molecule has 0 saturated heterocycles. The summed E-state index contributed by atoms with van der Waals surface area (Å²) < 4.78 is 10.5. The maximum absolute atomic E-state index is 12.3. The van der Waals surface area contributed by atoms with E-state index in [1.165, 1.54) is 25.2 Å². The minimum absolute atomic E-state index is 0.0678. The molecule has 1 aromatic carbocycles. The topological polar surface area (TPSA) is 88.8 Å². The van der Waals surface area contributed by atoms with Crippen LogP contribution in [-0.4, -0.2) is 36.2 Å². The fourth-order valence-electron chi connectivity index (χ4n) is 3.25. The molecule has 1 amide bonds. The highest BCUT2D eigenvalue weighted by molar-refractivity contribution is 5.91. The number of fused-ring (bicyclic) bond motifs is 2. The van der Waals surface area contributed by atoms with Crippen molar-refractivity contribution in [2.75, 3.05) is 13.7 Å². The molecule has 128 valence electrons. The Balaban J connectivity index is 1.79. The van der Waals surface area contributed by atoms with E-state index in [0.29, 0.717) is 0 Å². The van der Waals surface area contributed by atoms with E-state index < -0.39 is 11.5 Å². The first kappa shape index (κ1) is 16.5. The van der Waals surface area contributed by atoms with Crippen LogP contribution in [-0.2, 0) is 33.6 Å². The summed E-state index contributed by atoms with van der Waals surface area (Å²) >= 11 is 0. The van der Waals surface area contributed by atoms with Crippen LogP contribution in [0.2, 0.25) is 0 Å². The van der Waals surface area contributed by atoms with Gasteiger partial charge in [0.2, 0.25) is 5.91 Å². The van der Waals surface area contributed by atoms with E-state index in [1.54, 1.807) is 6.26 Å². The van der Waals surface area contributed by atoms with Gasteiger partial charge in [-0.1, -0.05) is 0 Å². The fourth-order valence-corrected chi connectivity index (χ4v) is 3.25. The first-order valence-electron chi connectivity index (χ1n) is 7.98. The minimum Gasteiger partial charge on any atom is -0.479 e. The summed E-state index contributed by atoms with van der Waals surface area (Å²) in [4.78, 5) is 23.7. The maximum Gasteiger partial charge on any atom is 0.331 e. The highest BCUT2D eigenvalue weighted by Crippen LogP contribution is 2.30. The summed E-state index contributed by atoms with van der Waals surface area (Å²) in [6, 6.07) is 4.14. The largest absolute Gasteiger partial charge is 0.479 e. The number of amides is 1. The van der Waals surface area contributed by atoms with Crippen molar-refractivity contribution in [2.45, 2.75) is 38.1 Å². The summed E-state index contributed by atoms with van der Waals surface area (Å²) in [6.07, 6.45) is 4.90. The Hall–Kier alpha value is -2.34. The third-order valence-corrected chi connectivity index (χ3v) is 4.54. The van der Waals surface area contributed by atoms with Crippen LogP contribution < -0.4 is 5.32 Å². The number of ether oxygens (including phenoxy) is 1. The Morgan fingerprint density at radius 1 is 1.33 bits per heavy atom. The molecule has 2 aromatic rings. The quantitative estimate of drug-likeness (QED) is 0.846. The minimum atomic E-state index is -1.45. The normalized spacial score (nSPS) is 15.9. The predicted octanol–water partition coefficient (Wildman–Crippen LogP) is 2.07. The van der Waals surface area contributed by atoms with Gasteiger partial charge in [0, 0.05) is 18.1 Å². The van der Waals surface area contributed by atoms with Gasteiger partial charge in [-0.05, 0) is 49.4 Å². The Bertz CT molecular complexity index is 794. The molecule has 6 heteroatoms. The van der Waals surface area contributed by atoms with Gasteiger partial charge in [0.1, 0.15) is 5.58 Å². The molecule has 24 heavy (non-hydrogen) atoms. The average molecular weight is 331 g/mol. The number of hydrogen-bond acceptors (Lipinski definition) is 4. The number of carbonyl (C=O) groups excluding carboxylic acids is 1. The molecule has 1 heterocycles. The van der Waals surface area contributed by atoms with Gasteiger partial charge in [-0.25, -0.2) is 4.79 Å². The molecular formula is C18H21NO5. The number of methoxy groups -OCH3 is 1. The summed E-state index contributed by atoms with van der Waals surface area (Å²) in [5, 5.41) is 12.8. The molecule has 1 aliphatic carbocycles. The zero-order valence-corrected chi connectivity index (χ0v) is 13.8. The van der Waals surface area contributed by atoms with Crippen molar-refractivity contribution >= 4 is 22.8 Å². The van der Waals surface area contributed by atoms with Crippen molar-refractivity contribution in [3.63, 3.8) is 0 Å². The second kappa shape index (κ2) is 6.28. The van der Waals surface area contributed by atoms with Crippen LogP contribution in [0.3, 0.4) is 0 Å². The van der Waals surface area contributed by atoms with Crippen LogP contribution >= 0.6 is 0 Å².